The highest BCUT2D eigenvalue weighted by Gasteiger charge is 2.13. The SMILES string of the molecule is CCOC(=O)c1ccc2ccc(CBr)cn2c1=O. The highest BCUT2D eigenvalue weighted by atomic mass is 79.9. The van der Waals surface area contributed by atoms with E-state index in [1.165, 1.54) is 10.5 Å². The van der Waals surface area contributed by atoms with Crippen LogP contribution in [0.15, 0.2) is 35.3 Å². The summed E-state index contributed by atoms with van der Waals surface area (Å²) in [6.45, 7) is 1.96. The molecule has 0 unspecified atom stereocenters. The van der Waals surface area contributed by atoms with Gasteiger partial charge in [-0.05, 0) is 30.7 Å². The van der Waals surface area contributed by atoms with Gasteiger partial charge < -0.3 is 4.74 Å². The fourth-order valence-corrected chi connectivity index (χ4v) is 2.01. The van der Waals surface area contributed by atoms with Crippen LogP contribution in [0.3, 0.4) is 0 Å². The first-order valence-corrected chi connectivity index (χ1v) is 6.67. The summed E-state index contributed by atoms with van der Waals surface area (Å²) in [5.74, 6) is -0.582. The molecule has 0 aliphatic rings. The minimum Gasteiger partial charge on any atom is -0.462 e. The van der Waals surface area contributed by atoms with Crippen molar-refractivity contribution in [2.75, 3.05) is 6.61 Å². The predicted molar refractivity (Wildman–Crippen MR) is 72.3 cm³/mol. The Morgan fingerprint density at radius 1 is 1.33 bits per heavy atom. The van der Waals surface area contributed by atoms with Gasteiger partial charge in [0.15, 0.2) is 0 Å². The second kappa shape index (κ2) is 5.35. The van der Waals surface area contributed by atoms with Crippen molar-refractivity contribution in [3.63, 3.8) is 0 Å². The largest absolute Gasteiger partial charge is 0.462 e. The molecule has 0 aliphatic carbocycles. The van der Waals surface area contributed by atoms with E-state index in [9.17, 15) is 9.59 Å². The maximum Gasteiger partial charge on any atom is 0.343 e. The Bertz CT molecular complexity index is 648. The number of nitrogens with zero attached hydrogens (tertiary/aromatic N) is 1. The first-order chi connectivity index (χ1) is 8.67. The van der Waals surface area contributed by atoms with E-state index in [4.69, 9.17) is 4.74 Å². The van der Waals surface area contributed by atoms with Crippen LogP contribution in [-0.2, 0) is 10.1 Å². The van der Waals surface area contributed by atoms with E-state index in [-0.39, 0.29) is 17.7 Å². The van der Waals surface area contributed by atoms with Crippen molar-refractivity contribution in [3.05, 3.63) is 51.9 Å². The number of ether oxygens (including phenoxy) is 1. The number of esters is 1. The van der Waals surface area contributed by atoms with Crippen LogP contribution in [0.2, 0.25) is 0 Å². The topological polar surface area (TPSA) is 47.8 Å². The summed E-state index contributed by atoms with van der Waals surface area (Å²) >= 11 is 3.33. The third-order valence-electron chi connectivity index (χ3n) is 2.56. The van der Waals surface area contributed by atoms with Crippen molar-refractivity contribution in [1.29, 1.82) is 0 Å². The quantitative estimate of drug-likeness (QED) is 0.646. The molecule has 5 heteroatoms. The van der Waals surface area contributed by atoms with Gasteiger partial charge >= 0.3 is 5.97 Å². The Hall–Kier alpha value is -1.62. The third kappa shape index (κ3) is 2.31. The molecule has 4 nitrogen and oxygen atoms in total. The van der Waals surface area contributed by atoms with Gasteiger partial charge in [-0.2, -0.15) is 0 Å². The van der Waals surface area contributed by atoms with Crippen molar-refractivity contribution < 1.29 is 9.53 Å². The summed E-state index contributed by atoms with van der Waals surface area (Å²) in [6, 6.07) is 7.00. The number of rotatable bonds is 3. The highest BCUT2D eigenvalue weighted by Crippen LogP contribution is 2.09. The van der Waals surface area contributed by atoms with Gasteiger partial charge in [0.25, 0.3) is 5.56 Å². The van der Waals surface area contributed by atoms with Gasteiger partial charge in [-0.15, -0.1) is 0 Å². The number of aromatic nitrogens is 1. The molecule has 2 rings (SSSR count). The summed E-state index contributed by atoms with van der Waals surface area (Å²) in [6.07, 6.45) is 1.72. The maximum absolute atomic E-state index is 12.2. The number of fused-ring (bicyclic) bond motifs is 1. The molecule has 0 atom stereocenters. The molecule has 0 fully saturated rings. The first-order valence-electron chi connectivity index (χ1n) is 5.54. The molecule has 0 saturated heterocycles. The van der Waals surface area contributed by atoms with Crippen molar-refractivity contribution in [3.8, 4) is 0 Å². The molecular weight excluding hydrogens is 298 g/mol. The Morgan fingerprint density at radius 3 is 2.72 bits per heavy atom. The van der Waals surface area contributed by atoms with Crippen LogP contribution in [0.25, 0.3) is 5.52 Å². The van der Waals surface area contributed by atoms with Crippen molar-refractivity contribution in [2.24, 2.45) is 0 Å². The second-order valence-corrected chi connectivity index (χ2v) is 4.30. The Balaban J connectivity index is 2.62. The van der Waals surface area contributed by atoms with Crippen LogP contribution < -0.4 is 5.56 Å². The highest BCUT2D eigenvalue weighted by molar-refractivity contribution is 9.08. The van der Waals surface area contributed by atoms with Crippen LogP contribution in [0.1, 0.15) is 22.8 Å². The number of hydrogen-bond acceptors (Lipinski definition) is 3. The van der Waals surface area contributed by atoms with E-state index < -0.39 is 5.97 Å². The van der Waals surface area contributed by atoms with Crippen LogP contribution in [0.4, 0.5) is 0 Å². The molecule has 94 valence electrons. The van der Waals surface area contributed by atoms with Crippen LogP contribution in [0.5, 0.6) is 0 Å². The molecule has 0 bridgehead atoms. The molecule has 0 radical (unpaired) electrons. The lowest BCUT2D eigenvalue weighted by molar-refractivity contribution is 0.0524. The van der Waals surface area contributed by atoms with E-state index in [2.05, 4.69) is 15.9 Å². The lowest BCUT2D eigenvalue weighted by atomic mass is 10.2. The molecule has 0 amide bonds. The van der Waals surface area contributed by atoms with Gasteiger partial charge in [-0.1, -0.05) is 22.0 Å². The normalized spacial score (nSPS) is 10.6. The monoisotopic (exact) mass is 309 g/mol. The van der Waals surface area contributed by atoms with Crippen molar-refractivity contribution in [2.45, 2.75) is 12.3 Å². The van der Waals surface area contributed by atoms with Crippen molar-refractivity contribution in [1.82, 2.24) is 4.40 Å². The zero-order valence-corrected chi connectivity index (χ0v) is 11.4. The van der Waals surface area contributed by atoms with E-state index >= 15 is 0 Å². The van der Waals surface area contributed by atoms with Crippen LogP contribution >= 0.6 is 15.9 Å². The number of alkyl halides is 1. The van der Waals surface area contributed by atoms with Gasteiger partial charge in [-0.25, -0.2) is 4.79 Å². The molecular formula is C13H12BrNO3. The van der Waals surface area contributed by atoms with E-state index in [1.54, 1.807) is 19.2 Å². The van der Waals surface area contributed by atoms with Gasteiger partial charge in [0.2, 0.25) is 0 Å². The number of hydrogen-bond donors (Lipinski definition) is 0. The second-order valence-electron chi connectivity index (χ2n) is 3.74. The lowest BCUT2D eigenvalue weighted by Crippen LogP contribution is -2.23. The minimum atomic E-state index is -0.582. The summed E-state index contributed by atoms with van der Waals surface area (Å²) < 4.78 is 6.31. The Kier molecular flexibility index (Phi) is 3.81. The maximum atomic E-state index is 12.2. The van der Waals surface area contributed by atoms with E-state index in [0.29, 0.717) is 5.33 Å². The number of carbonyl (C=O) groups is 1. The molecule has 2 heterocycles. The number of halogens is 1. The minimum absolute atomic E-state index is 0.0565. The molecule has 0 N–H and O–H groups in total. The zero-order chi connectivity index (χ0) is 13.1. The van der Waals surface area contributed by atoms with E-state index in [0.717, 1.165) is 11.1 Å². The third-order valence-corrected chi connectivity index (χ3v) is 3.21. The Labute approximate surface area is 112 Å². The average Bonchev–Trinajstić information content (AvgIpc) is 2.39. The van der Waals surface area contributed by atoms with Gasteiger partial charge in [0.1, 0.15) is 5.56 Å². The smallest absolute Gasteiger partial charge is 0.343 e. The van der Waals surface area contributed by atoms with Gasteiger partial charge in [0.05, 0.1) is 6.61 Å². The summed E-state index contributed by atoms with van der Waals surface area (Å²) in [5.41, 5.74) is 1.41. The lowest BCUT2D eigenvalue weighted by Gasteiger charge is -2.06. The summed E-state index contributed by atoms with van der Waals surface area (Å²) in [7, 11) is 0. The number of carbonyl (C=O) groups excluding carboxylic acids is 1. The van der Waals surface area contributed by atoms with Crippen molar-refractivity contribution >= 4 is 27.4 Å². The number of pyridine rings is 2. The predicted octanol–water partition coefficient (Wildman–Crippen LogP) is 2.37. The first kappa shape index (κ1) is 12.8. The fourth-order valence-electron chi connectivity index (χ4n) is 1.68. The standard InChI is InChI=1S/C13H12BrNO3/c1-2-18-13(17)11-6-5-10-4-3-9(7-14)8-15(10)12(11)16/h3-6,8H,2,7H2,1H3. The molecule has 18 heavy (non-hydrogen) atoms. The molecule has 0 aliphatic heterocycles. The molecule has 0 spiro atoms. The average molecular weight is 310 g/mol. The fraction of sp³-hybridized carbons (Fsp3) is 0.231. The van der Waals surface area contributed by atoms with Gasteiger partial charge in [-0.3, -0.25) is 9.20 Å². The molecule has 2 aromatic heterocycles. The summed E-state index contributed by atoms with van der Waals surface area (Å²) in [5, 5.41) is 0.652. The van der Waals surface area contributed by atoms with Crippen LogP contribution in [-0.4, -0.2) is 17.0 Å². The Morgan fingerprint density at radius 2 is 2.06 bits per heavy atom. The summed E-state index contributed by atoms with van der Waals surface area (Å²) in [4.78, 5) is 23.8. The molecule has 0 saturated carbocycles. The zero-order valence-electron chi connectivity index (χ0n) is 9.85. The van der Waals surface area contributed by atoms with Crippen LogP contribution in [0, 0.1) is 0 Å². The van der Waals surface area contributed by atoms with Gasteiger partial charge in [0, 0.05) is 17.0 Å². The molecule has 2 aromatic rings. The molecule has 0 aromatic carbocycles. The van der Waals surface area contributed by atoms with E-state index in [1.807, 2.05) is 12.1 Å².